The maximum Gasteiger partial charge on any atom is -0.0162 e. The first-order chi connectivity index (χ1) is 8.83. The van der Waals surface area contributed by atoms with Crippen LogP contribution in [0.3, 0.4) is 0 Å². The molecule has 0 heterocycles. The van der Waals surface area contributed by atoms with Gasteiger partial charge >= 0.3 is 0 Å². The van der Waals surface area contributed by atoms with Crippen LogP contribution in [-0.4, -0.2) is 0 Å². The van der Waals surface area contributed by atoms with Gasteiger partial charge in [0.25, 0.3) is 0 Å². The maximum absolute atomic E-state index is 2.46. The third-order valence-electron chi connectivity index (χ3n) is 6.46. The van der Waals surface area contributed by atoms with Gasteiger partial charge in [0.15, 0.2) is 0 Å². The van der Waals surface area contributed by atoms with Gasteiger partial charge in [-0.3, -0.25) is 0 Å². The molecule has 0 aliphatic heterocycles. The highest BCUT2D eigenvalue weighted by molar-refractivity contribution is 5.20. The largest absolute Gasteiger partial charge is 0.0622 e. The average molecular weight is 240 g/mol. The fourth-order valence-corrected chi connectivity index (χ4v) is 5.50. The molecule has 0 nitrogen and oxygen atoms in total. The third kappa shape index (κ3) is 1.57. The molecule has 1 aromatic carbocycles. The van der Waals surface area contributed by atoms with Crippen LogP contribution < -0.4 is 0 Å². The first-order valence-corrected chi connectivity index (χ1v) is 7.88. The van der Waals surface area contributed by atoms with Crippen molar-refractivity contribution in [2.24, 2.45) is 29.6 Å². The fourth-order valence-electron chi connectivity index (χ4n) is 5.50. The number of rotatable bonds is 2. The summed E-state index contributed by atoms with van der Waals surface area (Å²) < 4.78 is 0. The lowest BCUT2D eigenvalue weighted by Crippen LogP contribution is -2.15. The minimum absolute atomic E-state index is 0.774. The van der Waals surface area contributed by atoms with Gasteiger partial charge < -0.3 is 0 Å². The van der Waals surface area contributed by atoms with Crippen molar-refractivity contribution in [2.45, 2.75) is 44.9 Å². The highest BCUT2D eigenvalue weighted by Gasteiger charge is 2.52. The van der Waals surface area contributed by atoms with Gasteiger partial charge in [-0.05, 0) is 73.2 Å². The lowest BCUT2D eigenvalue weighted by atomic mass is 9.82. The molecule has 3 aliphatic rings. The molecule has 0 saturated heterocycles. The van der Waals surface area contributed by atoms with Crippen LogP contribution in [0.4, 0.5) is 0 Å². The Morgan fingerprint density at radius 2 is 1.50 bits per heavy atom. The minimum Gasteiger partial charge on any atom is -0.0622 e. The Hall–Kier alpha value is -0.780. The van der Waals surface area contributed by atoms with E-state index in [9.17, 15) is 0 Å². The van der Waals surface area contributed by atoms with Crippen LogP contribution in [0.25, 0.3) is 0 Å². The third-order valence-corrected chi connectivity index (χ3v) is 6.46. The molecule has 3 aliphatic carbocycles. The van der Waals surface area contributed by atoms with Crippen molar-refractivity contribution < 1.29 is 0 Å². The summed E-state index contributed by atoms with van der Waals surface area (Å²) in [6.45, 7) is 2.46. The summed E-state index contributed by atoms with van der Waals surface area (Å²) in [5, 5.41) is 0. The standard InChI is InChI=1S/C18H24/c1-12(13-5-3-2-4-6-13)16-10-17-14-7-8-15(9-14)18(17)11-16/h2-6,12,14-18H,7-11H2,1H3. The van der Waals surface area contributed by atoms with Crippen molar-refractivity contribution >= 4 is 0 Å². The zero-order chi connectivity index (χ0) is 12.1. The number of fused-ring (bicyclic) bond motifs is 5. The first kappa shape index (κ1) is 11.1. The lowest BCUT2D eigenvalue weighted by Gasteiger charge is -2.23. The lowest BCUT2D eigenvalue weighted by molar-refractivity contribution is 0.259. The first-order valence-electron chi connectivity index (χ1n) is 7.88. The number of hydrogen-bond donors (Lipinski definition) is 0. The van der Waals surface area contributed by atoms with E-state index in [-0.39, 0.29) is 0 Å². The van der Waals surface area contributed by atoms with Gasteiger partial charge in [-0.25, -0.2) is 0 Å². The van der Waals surface area contributed by atoms with Gasteiger partial charge in [0.2, 0.25) is 0 Å². The molecule has 0 heteroatoms. The van der Waals surface area contributed by atoms with E-state index in [0.717, 1.165) is 35.5 Å². The Balaban J connectivity index is 1.52. The molecule has 3 fully saturated rings. The van der Waals surface area contributed by atoms with E-state index in [1.54, 1.807) is 24.8 Å². The van der Waals surface area contributed by atoms with Crippen LogP contribution >= 0.6 is 0 Å². The summed E-state index contributed by atoms with van der Waals surface area (Å²) in [6.07, 6.45) is 7.75. The second-order valence-corrected chi connectivity index (χ2v) is 7.09. The van der Waals surface area contributed by atoms with Crippen molar-refractivity contribution in [1.82, 2.24) is 0 Å². The Labute approximate surface area is 111 Å². The van der Waals surface area contributed by atoms with Crippen LogP contribution in [0.2, 0.25) is 0 Å². The van der Waals surface area contributed by atoms with Crippen molar-refractivity contribution in [1.29, 1.82) is 0 Å². The molecule has 0 radical (unpaired) electrons. The molecule has 96 valence electrons. The minimum atomic E-state index is 0.774. The van der Waals surface area contributed by atoms with Gasteiger partial charge in [0.05, 0.1) is 0 Å². The predicted octanol–water partition coefficient (Wildman–Crippen LogP) is 4.86. The molecule has 2 bridgehead atoms. The van der Waals surface area contributed by atoms with E-state index in [1.807, 2.05) is 0 Å². The summed E-state index contributed by atoms with van der Waals surface area (Å²) >= 11 is 0. The monoisotopic (exact) mass is 240 g/mol. The molecule has 5 unspecified atom stereocenters. The van der Waals surface area contributed by atoms with E-state index >= 15 is 0 Å². The summed E-state index contributed by atoms with van der Waals surface area (Å²) in [5.74, 6) is 6.20. The molecule has 3 saturated carbocycles. The van der Waals surface area contributed by atoms with E-state index in [1.165, 1.54) is 12.8 Å². The summed E-state index contributed by atoms with van der Waals surface area (Å²) in [6, 6.07) is 11.2. The highest BCUT2D eigenvalue weighted by Crippen LogP contribution is 2.61. The van der Waals surface area contributed by atoms with Crippen molar-refractivity contribution in [3.63, 3.8) is 0 Å². The second kappa shape index (κ2) is 4.11. The summed E-state index contributed by atoms with van der Waals surface area (Å²) in [7, 11) is 0. The van der Waals surface area contributed by atoms with E-state index in [2.05, 4.69) is 37.3 Å². The Kier molecular flexibility index (Phi) is 2.53. The Bertz CT molecular complexity index is 403. The van der Waals surface area contributed by atoms with Crippen molar-refractivity contribution in [3.05, 3.63) is 35.9 Å². The highest BCUT2D eigenvalue weighted by atomic mass is 14.6. The zero-order valence-electron chi connectivity index (χ0n) is 11.4. The van der Waals surface area contributed by atoms with Crippen molar-refractivity contribution in [3.8, 4) is 0 Å². The molecule has 18 heavy (non-hydrogen) atoms. The normalized spacial score (nSPS) is 43.1. The van der Waals surface area contributed by atoms with Gasteiger partial charge in [0, 0.05) is 0 Å². The second-order valence-electron chi connectivity index (χ2n) is 7.09. The van der Waals surface area contributed by atoms with Gasteiger partial charge in [-0.2, -0.15) is 0 Å². The molecule has 0 amide bonds. The maximum atomic E-state index is 2.46. The van der Waals surface area contributed by atoms with E-state index < -0.39 is 0 Å². The number of benzene rings is 1. The molecule has 0 N–H and O–H groups in total. The van der Waals surface area contributed by atoms with Crippen LogP contribution in [0.1, 0.15) is 50.5 Å². The number of hydrogen-bond acceptors (Lipinski definition) is 0. The van der Waals surface area contributed by atoms with Gasteiger partial charge in [0.1, 0.15) is 0 Å². The molecule has 0 spiro atoms. The van der Waals surface area contributed by atoms with Crippen LogP contribution in [0.15, 0.2) is 30.3 Å². The van der Waals surface area contributed by atoms with Gasteiger partial charge in [-0.1, -0.05) is 37.3 Å². The summed E-state index contributed by atoms with van der Waals surface area (Å²) in [4.78, 5) is 0. The molecular weight excluding hydrogens is 216 g/mol. The van der Waals surface area contributed by atoms with Crippen LogP contribution in [0.5, 0.6) is 0 Å². The molecule has 1 aromatic rings. The predicted molar refractivity (Wildman–Crippen MR) is 75.4 cm³/mol. The molecule has 4 rings (SSSR count). The SMILES string of the molecule is CC(c1ccccc1)C1CC2C3CCC(C3)C2C1. The zero-order valence-corrected chi connectivity index (χ0v) is 11.4. The fraction of sp³-hybridized carbons (Fsp3) is 0.667. The summed E-state index contributed by atoms with van der Waals surface area (Å²) in [5.41, 5.74) is 1.56. The quantitative estimate of drug-likeness (QED) is 0.692. The molecular formula is C18H24. The molecule has 5 atom stereocenters. The Morgan fingerprint density at radius 3 is 2.11 bits per heavy atom. The average Bonchev–Trinajstić information content (AvgIpc) is 3.10. The van der Waals surface area contributed by atoms with Gasteiger partial charge in [-0.15, -0.1) is 0 Å². The Morgan fingerprint density at radius 1 is 0.889 bits per heavy atom. The smallest absolute Gasteiger partial charge is 0.0162 e. The van der Waals surface area contributed by atoms with Crippen LogP contribution in [0, 0.1) is 29.6 Å². The van der Waals surface area contributed by atoms with E-state index in [0.29, 0.717) is 0 Å². The van der Waals surface area contributed by atoms with Crippen molar-refractivity contribution in [2.75, 3.05) is 0 Å². The van der Waals surface area contributed by atoms with Crippen LogP contribution in [-0.2, 0) is 0 Å². The molecule has 0 aromatic heterocycles. The topological polar surface area (TPSA) is 0 Å². The van der Waals surface area contributed by atoms with E-state index in [4.69, 9.17) is 0 Å².